The third-order valence-electron chi connectivity index (χ3n) is 8.70. The van der Waals surface area contributed by atoms with Gasteiger partial charge in [-0.05, 0) is 23.8 Å². The first kappa shape index (κ1) is 27.0. The fourth-order valence-corrected chi connectivity index (χ4v) is 6.41. The molecule has 47 heavy (non-hydrogen) atoms. The van der Waals surface area contributed by atoms with Crippen molar-refractivity contribution in [3.63, 3.8) is 0 Å². The first-order valence-corrected chi connectivity index (χ1v) is 15.7. The van der Waals surface area contributed by atoms with E-state index in [4.69, 9.17) is 19.4 Å². The van der Waals surface area contributed by atoms with Gasteiger partial charge >= 0.3 is 0 Å². The lowest BCUT2D eigenvalue weighted by Gasteiger charge is -2.12. The molecule has 0 saturated carbocycles. The van der Waals surface area contributed by atoms with E-state index >= 15 is 0 Å². The number of benzene rings is 6. The van der Waals surface area contributed by atoms with Gasteiger partial charge in [-0.2, -0.15) is 0 Å². The van der Waals surface area contributed by atoms with Crippen molar-refractivity contribution < 1.29 is 4.42 Å². The highest BCUT2D eigenvalue weighted by Crippen LogP contribution is 2.41. The van der Waals surface area contributed by atoms with Crippen LogP contribution in [-0.4, -0.2) is 15.0 Å². The van der Waals surface area contributed by atoms with Crippen LogP contribution in [0.4, 0.5) is 0 Å². The van der Waals surface area contributed by atoms with Gasteiger partial charge in [0.05, 0.1) is 28.0 Å². The van der Waals surface area contributed by atoms with Crippen molar-refractivity contribution in [2.75, 3.05) is 0 Å². The SMILES string of the molecule is c1ccc(-c2cc(-c3ccc(-c4cccc5c4nc(-c4ccccc4)c4c6ccccc6oc54)cc3)nc(-c3ccccc3)n2)cc1. The number of nitrogens with zero attached hydrogens (tertiary/aromatic N) is 3. The van der Waals surface area contributed by atoms with Crippen LogP contribution in [0.15, 0.2) is 168 Å². The molecule has 9 rings (SSSR count). The largest absolute Gasteiger partial charge is 0.455 e. The smallest absolute Gasteiger partial charge is 0.160 e. The summed E-state index contributed by atoms with van der Waals surface area (Å²) in [5.74, 6) is 0.701. The zero-order valence-corrected chi connectivity index (χ0v) is 25.3. The number of hydrogen-bond donors (Lipinski definition) is 0. The summed E-state index contributed by atoms with van der Waals surface area (Å²) >= 11 is 0. The second kappa shape index (κ2) is 11.2. The molecule has 0 unspecified atom stereocenters. The molecule has 0 N–H and O–H groups in total. The maximum absolute atomic E-state index is 6.54. The van der Waals surface area contributed by atoms with E-state index in [2.05, 4.69) is 97.1 Å². The molecule has 0 radical (unpaired) electrons. The molecular formula is C43H27N3O. The van der Waals surface area contributed by atoms with Gasteiger partial charge in [0.2, 0.25) is 0 Å². The Morgan fingerprint density at radius 1 is 0.404 bits per heavy atom. The monoisotopic (exact) mass is 601 g/mol. The molecule has 0 atom stereocenters. The first-order valence-electron chi connectivity index (χ1n) is 15.7. The highest BCUT2D eigenvalue weighted by Gasteiger charge is 2.19. The van der Waals surface area contributed by atoms with E-state index in [0.717, 1.165) is 83.3 Å². The lowest BCUT2D eigenvalue weighted by Crippen LogP contribution is -1.96. The number of hydrogen-bond acceptors (Lipinski definition) is 4. The molecule has 4 heteroatoms. The van der Waals surface area contributed by atoms with Crippen LogP contribution in [0.25, 0.3) is 89.1 Å². The third-order valence-corrected chi connectivity index (χ3v) is 8.70. The summed E-state index contributed by atoms with van der Waals surface area (Å²) < 4.78 is 6.54. The molecule has 0 bridgehead atoms. The predicted molar refractivity (Wildman–Crippen MR) is 192 cm³/mol. The summed E-state index contributed by atoms with van der Waals surface area (Å²) in [6.45, 7) is 0. The summed E-state index contributed by atoms with van der Waals surface area (Å²) in [5.41, 5.74) is 11.5. The Labute approximate surface area is 271 Å². The minimum Gasteiger partial charge on any atom is -0.455 e. The van der Waals surface area contributed by atoms with Crippen molar-refractivity contribution in [2.45, 2.75) is 0 Å². The van der Waals surface area contributed by atoms with Crippen molar-refractivity contribution in [2.24, 2.45) is 0 Å². The van der Waals surface area contributed by atoms with E-state index in [9.17, 15) is 0 Å². The summed E-state index contributed by atoms with van der Waals surface area (Å²) in [4.78, 5) is 15.3. The number of rotatable bonds is 5. The van der Waals surface area contributed by atoms with Crippen LogP contribution in [0, 0.1) is 0 Å². The predicted octanol–water partition coefficient (Wildman–Crippen LogP) is 11.3. The average molecular weight is 602 g/mol. The minimum absolute atomic E-state index is 0.701. The fraction of sp³-hybridized carbons (Fsp3) is 0. The number of aromatic nitrogens is 3. The van der Waals surface area contributed by atoms with Crippen LogP contribution >= 0.6 is 0 Å². The number of furan rings is 1. The Kier molecular flexibility index (Phi) is 6.43. The molecule has 0 spiro atoms. The standard InChI is InChI=1S/C43H27N3O/c1-4-13-29(14-5-1)36-27-37(45-43(44-36)32-17-8-3-9-18-32)30-25-23-28(24-26-30)33-20-12-21-35-41(33)46-40(31-15-6-2-7-16-31)39-34-19-10-11-22-38(34)47-42(35)39/h1-27H. The summed E-state index contributed by atoms with van der Waals surface area (Å²) in [6, 6.07) is 56.0. The van der Waals surface area contributed by atoms with Gasteiger partial charge in [-0.25, -0.2) is 15.0 Å². The van der Waals surface area contributed by atoms with Crippen molar-refractivity contribution in [1.29, 1.82) is 0 Å². The van der Waals surface area contributed by atoms with E-state index in [-0.39, 0.29) is 0 Å². The molecule has 3 heterocycles. The Morgan fingerprint density at radius 3 is 1.66 bits per heavy atom. The van der Waals surface area contributed by atoms with Gasteiger partial charge in [0.25, 0.3) is 0 Å². The quantitative estimate of drug-likeness (QED) is 0.197. The van der Waals surface area contributed by atoms with Crippen LogP contribution in [0.3, 0.4) is 0 Å². The molecular weight excluding hydrogens is 574 g/mol. The summed E-state index contributed by atoms with van der Waals surface area (Å²) in [5, 5.41) is 3.10. The van der Waals surface area contributed by atoms with Gasteiger partial charge < -0.3 is 4.42 Å². The van der Waals surface area contributed by atoms with E-state index < -0.39 is 0 Å². The molecule has 3 aromatic heterocycles. The highest BCUT2D eigenvalue weighted by molar-refractivity contribution is 6.20. The first-order chi connectivity index (χ1) is 23.3. The Bertz CT molecular complexity index is 2480. The zero-order chi connectivity index (χ0) is 31.2. The van der Waals surface area contributed by atoms with Gasteiger partial charge in [0.1, 0.15) is 11.2 Å². The van der Waals surface area contributed by atoms with Gasteiger partial charge in [0.15, 0.2) is 5.82 Å². The molecule has 6 aromatic carbocycles. The lowest BCUT2D eigenvalue weighted by atomic mass is 9.97. The lowest BCUT2D eigenvalue weighted by molar-refractivity contribution is 0.672. The number of fused-ring (bicyclic) bond motifs is 5. The second-order valence-electron chi connectivity index (χ2n) is 11.6. The van der Waals surface area contributed by atoms with Crippen LogP contribution in [-0.2, 0) is 0 Å². The molecule has 0 aliphatic rings. The molecule has 0 aliphatic heterocycles. The summed E-state index contributed by atoms with van der Waals surface area (Å²) in [7, 11) is 0. The van der Waals surface area contributed by atoms with Gasteiger partial charge in [0, 0.05) is 38.6 Å². The van der Waals surface area contributed by atoms with E-state index in [1.807, 2.05) is 66.7 Å². The minimum atomic E-state index is 0.701. The van der Waals surface area contributed by atoms with Crippen molar-refractivity contribution in [3.8, 4) is 56.3 Å². The molecule has 0 amide bonds. The topological polar surface area (TPSA) is 51.8 Å². The van der Waals surface area contributed by atoms with Gasteiger partial charge in [-0.1, -0.05) is 146 Å². The highest BCUT2D eigenvalue weighted by atomic mass is 16.3. The van der Waals surface area contributed by atoms with E-state index in [0.29, 0.717) is 5.82 Å². The Hall–Kier alpha value is -6.39. The van der Waals surface area contributed by atoms with Crippen molar-refractivity contribution in [3.05, 3.63) is 164 Å². The van der Waals surface area contributed by atoms with Crippen LogP contribution in [0.2, 0.25) is 0 Å². The maximum Gasteiger partial charge on any atom is 0.160 e. The van der Waals surface area contributed by atoms with Crippen molar-refractivity contribution >= 4 is 32.8 Å². The van der Waals surface area contributed by atoms with E-state index in [1.54, 1.807) is 0 Å². The van der Waals surface area contributed by atoms with E-state index in [1.165, 1.54) is 0 Å². The van der Waals surface area contributed by atoms with Gasteiger partial charge in [-0.3, -0.25) is 0 Å². The zero-order valence-electron chi connectivity index (χ0n) is 25.3. The molecule has 0 aliphatic carbocycles. The summed E-state index contributed by atoms with van der Waals surface area (Å²) in [6.07, 6.45) is 0. The second-order valence-corrected chi connectivity index (χ2v) is 11.6. The molecule has 220 valence electrons. The van der Waals surface area contributed by atoms with Crippen LogP contribution in [0.1, 0.15) is 0 Å². The Balaban J connectivity index is 1.20. The van der Waals surface area contributed by atoms with Crippen LogP contribution < -0.4 is 0 Å². The maximum atomic E-state index is 6.54. The number of pyridine rings is 1. The normalized spacial score (nSPS) is 11.4. The van der Waals surface area contributed by atoms with Crippen LogP contribution in [0.5, 0.6) is 0 Å². The number of para-hydroxylation sites is 2. The molecule has 0 saturated heterocycles. The third kappa shape index (κ3) is 4.75. The van der Waals surface area contributed by atoms with Gasteiger partial charge in [-0.15, -0.1) is 0 Å². The average Bonchev–Trinajstić information content (AvgIpc) is 3.55. The fourth-order valence-electron chi connectivity index (χ4n) is 6.41. The van der Waals surface area contributed by atoms with Crippen molar-refractivity contribution in [1.82, 2.24) is 15.0 Å². The molecule has 0 fully saturated rings. The molecule has 4 nitrogen and oxygen atoms in total. The Morgan fingerprint density at radius 2 is 0.957 bits per heavy atom. The molecule has 9 aromatic rings.